The van der Waals surface area contributed by atoms with Crippen molar-refractivity contribution in [3.63, 3.8) is 0 Å². The maximum Gasteiger partial charge on any atom is 0.332 e. The van der Waals surface area contributed by atoms with Crippen LogP contribution in [-0.2, 0) is 11.3 Å². The van der Waals surface area contributed by atoms with E-state index in [4.69, 9.17) is 10.5 Å². The number of aromatic amines is 1. The van der Waals surface area contributed by atoms with Crippen molar-refractivity contribution in [3.8, 4) is 0 Å². The highest BCUT2D eigenvalue weighted by Crippen LogP contribution is 2.29. The third-order valence-corrected chi connectivity index (χ3v) is 4.14. The fourth-order valence-electron chi connectivity index (χ4n) is 2.99. The van der Waals surface area contributed by atoms with Crippen molar-refractivity contribution >= 4 is 17.1 Å². The van der Waals surface area contributed by atoms with E-state index in [-0.39, 0.29) is 35.5 Å². The van der Waals surface area contributed by atoms with Gasteiger partial charge in [-0.3, -0.25) is 14.3 Å². The number of nitrogen functional groups attached to an aromatic ring is 1. The van der Waals surface area contributed by atoms with Crippen molar-refractivity contribution < 1.29 is 9.84 Å². The highest BCUT2D eigenvalue weighted by Gasteiger charge is 2.31. The lowest BCUT2D eigenvalue weighted by atomic mass is 10.2. The van der Waals surface area contributed by atoms with Gasteiger partial charge in [0.15, 0.2) is 11.2 Å². The molecule has 0 aliphatic carbocycles. The van der Waals surface area contributed by atoms with Gasteiger partial charge in [0.05, 0.1) is 12.7 Å². The maximum absolute atomic E-state index is 12.8. The molecule has 2 aromatic rings. The number of nitrogens with one attached hydrogen (secondary N) is 1. The molecular weight excluding hydrogens is 302 g/mol. The number of nitrogens with two attached hydrogens (primary N) is 1. The van der Waals surface area contributed by atoms with Crippen molar-refractivity contribution in [1.82, 2.24) is 19.1 Å². The number of unbranched alkanes of at least 4 members (excludes halogenated alkanes) is 1. The Hall–Kier alpha value is -2.13. The van der Waals surface area contributed by atoms with Gasteiger partial charge in [-0.05, 0) is 19.3 Å². The summed E-state index contributed by atoms with van der Waals surface area (Å²) in [6.07, 6.45) is 2.04. The van der Waals surface area contributed by atoms with Crippen molar-refractivity contribution in [1.29, 1.82) is 0 Å². The van der Waals surface area contributed by atoms with Gasteiger partial charge in [0.2, 0.25) is 5.95 Å². The molecule has 0 bridgehead atoms. The molecule has 0 spiro atoms. The molecule has 0 amide bonds. The van der Waals surface area contributed by atoms with Crippen molar-refractivity contribution in [2.75, 3.05) is 12.3 Å². The molecule has 3 heterocycles. The number of nitrogens with zero attached hydrogens (tertiary/aromatic N) is 3. The second kappa shape index (κ2) is 6.17. The number of rotatable bonds is 5. The molecule has 0 aromatic carbocycles. The zero-order chi connectivity index (χ0) is 16.6. The van der Waals surface area contributed by atoms with E-state index in [9.17, 15) is 14.7 Å². The molecule has 2 aromatic heterocycles. The van der Waals surface area contributed by atoms with Gasteiger partial charge >= 0.3 is 5.69 Å². The molecule has 2 atom stereocenters. The third-order valence-electron chi connectivity index (χ3n) is 4.14. The van der Waals surface area contributed by atoms with Gasteiger partial charge < -0.3 is 15.6 Å². The molecule has 23 heavy (non-hydrogen) atoms. The standard InChI is InChI=1S/C14H21N5O4/c1-2-3-6-18-10-11(16-13(15)17-12(10)21)19(14(18)22)9-5-4-8(7-20)23-9/h8-9,20H,2-7H2,1H3,(H3,15,16,17,21). The Morgan fingerprint density at radius 1 is 1.43 bits per heavy atom. The Morgan fingerprint density at radius 2 is 2.22 bits per heavy atom. The summed E-state index contributed by atoms with van der Waals surface area (Å²) in [6, 6.07) is 0. The molecule has 3 rings (SSSR count). The first-order chi connectivity index (χ1) is 11.1. The average Bonchev–Trinajstić information content (AvgIpc) is 3.07. The van der Waals surface area contributed by atoms with Crippen LogP contribution in [0.1, 0.15) is 38.8 Å². The first-order valence-electron chi connectivity index (χ1n) is 7.83. The van der Waals surface area contributed by atoms with Crippen LogP contribution in [0.15, 0.2) is 9.59 Å². The summed E-state index contributed by atoms with van der Waals surface area (Å²) in [5, 5.41) is 9.21. The molecule has 4 N–H and O–H groups in total. The zero-order valence-corrected chi connectivity index (χ0v) is 13.0. The highest BCUT2D eigenvalue weighted by atomic mass is 16.5. The molecule has 1 fully saturated rings. The van der Waals surface area contributed by atoms with Crippen molar-refractivity contribution in [2.45, 2.75) is 51.5 Å². The number of fused-ring (bicyclic) bond motifs is 1. The topological polar surface area (TPSA) is 128 Å². The molecule has 2 unspecified atom stereocenters. The zero-order valence-electron chi connectivity index (χ0n) is 13.0. The van der Waals surface area contributed by atoms with Gasteiger partial charge in [-0.2, -0.15) is 4.98 Å². The lowest BCUT2D eigenvalue weighted by Crippen LogP contribution is -2.28. The van der Waals surface area contributed by atoms with Crippen LogP contribution in [0.2, 0.25) is 0 Å². The van der Waals surface area contributed by atoms with Crippen LogP contribution in [0.4, 0.5) is 5.95 Å². The van der Waals surface area contributed by atoms with Crippen LogP contribution in [0.25, 0.3) is 11.2 Å². The third kappa shape index (κ3) is 2.66. The number of ether oxygens (including phenoxy) is 1. The maximum atomic E-state index is 12.8. The van der Waals surface area contributed by atoms with Crippen LogP contribution < -0.4 is 17.0 Å². The first-order valence-corrected chi connectivity index (χ1v) is 7.83. The summed E-state index contributed by atoms with van der Waals surface area (Å²) in [4.78, 5) is 31.6. The van der Waals surface area contributed by atoms with E-state index < -0.39 is 11.8 Å². The number of anilines is 1. The largest absolute Gasteiger partial charge is 0.394 e. The first kappa shape index (κ1) is 15.8. The molecule has 1 aliphatic rings. The number of hydrogen-bond donors (Lipinski definition) is 3. The minimum Gasteiger partial charge on any atom is -0.394 e. The van der Waals surface area contributed by atoms with Gasteiger partial charge in [-0.1, -0.05) is 13.3 Å². The number of aliphatic hydroxyl groups excluding tert-OH is 1. The molecule has 9 heteroatoms. The number of aryl methyl sites for hydroxylation is 1. The van der Waals surface area contributed by atoms with Crippen LogP contribution in [0.3, 0.4) is 0 Å². The number of aliphatic hydroxyl groups is 1. The van der Waals surface area contributed by atoms with Gasteiger partial charge in [-0.15, -0.1) is 0 Å². The molecule has 1 saturated heterocycles. The normalized spacial score (nSPS) is 21.3. The summed E-state index contributed by atoms with van der Waals surface area (Å²) in [6.45, 7) is 2.34. The minimum atomic E-state index is -0.543. The molecule has 0 radical (unpaired) electrons. The number of hydrogen-bond acceptors (Lipinski definition) is 6. The van der Waals surface area contributed by atoms with Crippen LogP contribution in [-0.4, -0.2) is 36.9 Å². The molecule has 0 saturated carbocycles. The van der Waals surface area contributed by atoms with E-state index in [2.05, 4.69) is 9.97 Å². The lowest BCUT2D eigenvalue weighted by molar-refractivity contribution is -0.0224. The second-order valence-corrected chi connectivity index (χ2v) is 5.75. The van der Waals surface area contributed by atoms with Crippen molar-refractivity contribution in [2.24, 2.45) is 0 Å². The summed E-state index contributed by atoms with van der Waals surface area (Å²) in [5.41, 5.74) is 5.31. The average molecular weight is 323 g/mol. The summed E-state index contributed by atoms with van der Waals surface area (Å²) >= 11 is 0. The fourth-order valence-corrected chi connectivity index (χ4v) is 2.99. The van der Waals surface area contributed by atoms with E-state index in [0.29, 0.717) is 19.4 Å². The Morgan fingerprint density at radius 3 is 2.87 bits per heavy atom. The Balaban J connectivity index is 2.19. The fraction of sp³-hybridized carbons (Fsp3) is 0.643. The van der Waals surface area contributed by atoms with Crippen LogP contribution in [0, 0.1) is 0 Å². The quantitative estimate of drug-likeness (QED) is 0.707. The van der Waals surface area contributed by atoms with E-state index in [1.54, 1.807) is 0 Å². The second-order valence-electron chi connectivity index (χ2n) is 5.75. The Labute approximate surface area is 131 Å². The van der Waals surface area contributed by atoms with Gasteiger partial charge in [-0.25, -0.2) is 9.36 Å². The number of H-pyrrole nitrogens is 1. The van der Waals surface area contributed by atoms with E-state index in [1.165, 1.54) is 9.13 Å². The van der Waals surface area contributed by atoms with Crippen LogP contribution in [0.5, 0.6) is 0 Å². The predicted octanol–water partition coefficient (Wildman–Crippen LogP) is -0.0615. The molecule has 1 aliphatic heterocycles. The Bertz CT molecular complexity index is 821. The smallest absolute Gasteiger partial charge is 0.332 e. The molecule has 9 nitrogen and oxygen atoms in total. The summed E-state index contributed by atoms with van der Waals surface area (Å²) in [5.74, 6) is -0.0411. The Kier molecular flexibility index (Phi) is 4.22. The number of aromatic nitrogens is 4. The SMILES string of the molecule is CCCCn1c(=O)n(C2CCC(CO)O2)c2nc(N)[nH]c(=O)c21. The summed E-state index contributed by atoms with van der Waals surface area (Å²) in [7, 11) is 0. The lowest BCUT2D eigenvalue weighted by Gasteiger charge is -2.13. The van der Waals surface area contributed by atoms with Gasteiger partial charge in [0.25, 0.3) is 5.56 Å². The number of imidazole rings is 1. The monoisotopic (exact) mass is 323 g/mol. The van der Waals surface area contributed by atoms with Gasteiger partial charge in [0, 0.05) is 6.54 Å². The van der Waals surface area contributed by atoms with Crippen molar-refractivity contribution in [3.05, 3.63) is 20.8 Å². The summed E-state index contributed by atoms with van der Waals surface area (Å²) < 4.78 is 8.50. The van der Waals surface area contributed by atoms with E-state index in [0.717, 1.165) is 12.8 Å². The molecular formula is C14H21N5O4. The highest BCUT2D eigenvalue weighted by molar-refractivity contribution is 5.71. The molecule has 126 valence electrons. The van der Waals surface area contributed by atoms with Crippen LogP contribution >= 0.6 is 0 Å². The van der Waals surface area contributed by atoms with E-state index >= 15 is 0 Å². The van der Waals surface area contributed by atoms with Gasteiger partial charge in [0.1, 0.15) is 6.23 Å². The minimum absolute atomic E-state index is 0.0411. The van der Waals surface area contributed by atoms with E-state index in [1.807, 2.05) is 6.92 Å². The predicted molar refractivity (Wildman–Crippen MR) is 84.2 cm³/mol.